The molecule has 1 fully saturated rings. The summed E-state index contributed by atoms with van der Waals surface area (Å²) in [5, 5.41) is 12.8. The molecule has 1 aliphatic rings. The molecule has 3 rings (SSSR count). The first-order valence-corrected chi connectivity index (χ1v) is 13.8. The largest absolute Gasteiger partial charge is 0.480 e. The van der Waals surface area contributed by atoms with Crippen molar-refractivity contribution >= 4 is 18.0 Å². The van der Waals surface area contributed by atoms with E-state index >= 15 is 0 Å². The molecule has 8 nitrogen and oxygen atoms in total. The highest BCUT2D eigenvalue weighted by Gasteiger charge is 2.51. The molecule has 216 valence electrons. The molecular weight excluding hydrogens is 508 g/mol. The Bertz CT molecular complexity index is 1160. The zero-order valence-corrected chi connectivity index (χ0v) is 24.0. The van der Waals surface area contributed by atoms with Gasteiger partial charge in [-0.3, -0.25) is 4.79 Å². The second kappa shape index (κ2) is 13.6. The molecule has 3 atom stereocenters. The summed E-state index contributed by atoms with van der Waals surface area (Å²) >= 11 is 0. The first kappa shape index (κ1) is 30.9. The zero-order chi connectivity index (χ0) is 29.3. The molecule has 2 aromatic carbocycles. The van der Waals surface area contributed by atoms with Gasteiger partial charge in [-0.05, 0) is 56.7 Å². The summed E-state index contributed by atoms with van der Waals surface area (Å²) in [6.45, 7) is 9.02. The maximum atomic E-state index is 13.9. The molecule has 0 aliphatic carbocycles. The third kappa shape index (κ3) is 7.94. The summed E-state index contributed by atoms with van der Waals surface area (Å²) in [6, 6.07) is 15.7. The first-order valence-electron chi connectivity index (χ1n) is 13.8. The van der Waals surface area contributed by atoms with Crippen molar-refractivity contribution in [2.45, 2.75) is 82.6 Å². The highest BCUT2D eigenvalue weighted by atomic mass is 16.6. The van der Waals surface area contributed by atoms with Crippen LogP contribution in [0.3, 0.4) is 0 Å². The number of unbranched alkanes of at least 4 members (excludes halogenated alkanes) is 3. The Hall–Kier alpha value is -3.65. The van der Waals surface area contributed by atoms with Gasteiger partial charge in [-0.15, -0.1) is 6.58 Å². The minimum absolute atomic E-state index is 0.0486. The van der Waals surface area contributed by atoms with Gasteiger partial charge in [0.05, 0.1) is 6.54 Å². The number of hydrogen-bond acceptors (Lipinski definition) is 5. The predicted octanol–water partition coefficient (Wildman–Crippen LogP) is 5.91. The number of rotatable bonds is 12. The number of alkyl carbamates (subject to hydrolysis) is 1. The van der Waals surface area contributed by atoms with Crippen LogP contribution in [0.25, 0.3) is 11.1 Å². The van der Waals surface area contributed by atoms with E-state index in [1.54, 1.807) is 20.8 Å². The lowest BCUT2D eigenvalue weighted by atomic mass is 9.89. The van der Waals surface area contributed by atoms with Crippen LogP contribution in [0.2, 0.25) is 0 Å². The highest BCUT2D eigenvalue weighted by molar-refractivity contribution is 5.90. The topological polar surface area (TPSA) is 105 Å². The van der Waals surface area contributed by atoms with Crippen molar-refractivity contribution in [3.63, 3.8) is 0 Å². The molecule has 2 aromatic rings. The number of carbonyl (C=O) groups excluding carboxylic acids is 2. The number of methoxy groups -OCH3 is 1. The number of allylic oxidation sites excluding steroid dienone is 1. The molecule has 0 saturated carbocycles. The van der Waals surface area contributed by atoms with E-state index < -0.39 is 41.3 Å². The Kier molecular flexibility index (Phi) is 10.5. The Labute approximate surface area is 237 Å². The van der Waals surface area contributed by atoms with Crippen LogP contribution in [0.4, 0.5) is 4.79 Å². The summed E-state index contributed by atoms with van der Waals surface area (Å²) < 4.78 is 11.4. The number of carboxylic acid groups (broad SMARTS) is 1. The van der Waals surface area contributed by atoms with Gasteiger partial charge in [0.1, 0.15) is 23.3 Å². The van der Waals surface area contributed by atoms with Gasteiger partial charge >= 0.3 is 12.1 Å². The van der Waals surface area contributed by atoms with Gasteiger partial charge in [0.15, 0.2) is 0 Å². The molecule has 0 spiro atoms. The smallest absolute Gasteiger partial charge is 0.408 e. The Morgan fingerprint density at radius 3 is 2.30 bits per heavy atom. The molecule has 8 heteroatoms. The summed E-state index contributed by atoms with van der Waals surface area (Å²) in [4.78, 5) is 40.2. The van der Waals surface area contributed by atoms with Gasteiger partial charge in [0, 0.05) is 13.5 Å². The van der Waals surface area contributed by atoms with E-state index in [4.69, 9.17) is 9.47 Å². The number of hydrogen-bond donors (Lipinski definition) is 2. The Balaban J connectivity index is 1.85. The van der Waals surface area contributed by atoms with Crippen LogP contribution in [-0.2, 0) is 24.7 Å². The summed E-state index contributed by atoms with van der Waals surface area (Å²) in [5.74, 6) is -1.57. The summed E-state index contributed by atoms with van der Waals surface area (Å²) in [6.07, 6.45) is 4.91. The van der Waals surface area contributed by atoms with Crippen molar-refractivity contribution in [3.8, 4) is 11.1 Å². The minimum Gasteiger partial charge on any atom is -0.480 e. The third-order valence-electron chi connectivity index (χ3n) is 7.19. The summed E-state index contributed by atoms with van der Waals surface area (Å²) in [5.41, 5.74) is 1.13. The van der Waals surface area contributed by atoms with E-state index in [9.17, 15) is 19.5 Å². The highest BCUT2D eigenvalue weighted by Crippen LogP contribution is 2.40. The molecule has 0 bridgehead atoms. The van der Waals surface area contributed by atoms with E-state index in [0.29, 0.717) is 12.8 Å². The Morgan fingerprint density at radius 1 is 1.07 bits per heavy atom. The maximum Gasteiger partial charge on any atom is 0.408 e. The fourth-order valence-corrected chi connectivity index (χ4v) is 5.12. The fraction of sp³-hybridized carbons (Fsp3) is 0.469. The number of amides is 2. The van der Waals surface area contributed by atoms with Gasteiger partial charge in [0.25, 0.3) is 0 Å². The first-order chi connectivity index (χ1) is 19.0. The van der Waals surface area contributed by atoms with Crippen molar-refractivity contribution in [1.29, 1.82) is 0 Å². The number of nitrogens with one attached hydrogen (secondary N) is 1. The van der Waals surface area contributed by atoms with Crippen molar-refractivity contribution in [2.24, 2.45) is 0 Å². The molecule has 1 aliphatic heterocycles. The number of benzene rings is 2. The molecule has 0 aromatic heterocycles. The SMILES string of the molecule is C=CCCCCC[C@H](NC(=O)OC(C)(C)C)C(=O)N1C[C@](OC)(c2ccc(-c3ccccc3)cc2)C[C@H]1C(=O)O. The van der Waals surface area contributed by atoms with Gasteiger partial charge in [-0.2, -0.15) is 0 Å². The van der Waals surface area contributed by atoms with Gasteiger partial charge in [0.2, 0.25) is 5.91 Å². The lowest BCUT2D eigenvalue weighted by Crippen LogP contribution is -2.52. The Morgan fingerprint density at radius 2 is 1.73 bits per heavy atom. The van der Waals surface area contributed by atoms with Crippen LogP contribution in [0, 0.1) is 0 Å². The molecular formula is C32H42N2O6. The monoisotopic (exact) mass is 550 g/mol. The molecule has 2 amide bonds. The van der Waals surface area contributed by atoms with E-state index in [0.717, 1.165) is 36.0 Å². The second-order valence-corrected chi connectivity index (χ2v) is 11.3. The van der Waals surface area contributed by atoms with Crippen molar-refractivity contribution in [2.75, 3.05) is 13.7 Å². The van der Waals surface area contributed by atoms with Crippen LogP contribution < -0.4 is 5.32 Å². The zero-order valence-electron chi connectivity index (χ0n) is 24.0. The molecule has 0 unspecified atom stereocenters. The van der Waals surface area contributed by atoms with Crippen molar-refractivity contribution in [1.82, 2.24) is 10.2 Å². The number of carbonyl (C=O) groups is 3. The van der Waals surface area contributed by atoms with E-state index in [1.165, 1.54) is 12.0 Å². The van der Waals surface area contributed by atoms with Gasteiger partial charge < -0.3 is 24.8 Å². The third-order valence-corrected chi connectivity index (χ3v) is 7.19. The number of carboxylic acids is 1. The van der Waals surface area contributed by atoms with Crippen molar-refractivity contribution in [3.05, 3.63) is 72.8 Å². The van der Waals surface area contributed by atoms with E-state index in [1.807, 2.05) is 60.7 Å². The van der Waals surface area contributed by atoms with Crippen LogP contribution >= 0.6 is 0 Å². The average Bonchev–Trinajstić information content (AvgIpc) is 3.33. The number of ether oxygens (including phenoxy) is 2. The molecule has 0 radical (unpaired) electrons. The average molecular weight is 551 g/mol. The minimum atomic E-state index is -1.12. The lowest BCUT2D eigenvalue weighted by molar-refractivity contribution is -0.149. The van der Waals surface area contributed by atoms with Crippen LogP contribution in [0.15, 0.2) is 67.3 Å². The molecule has 1 heterocycles. The molecule has 40 heavy (non-hydrogen) atoms. The summed E-state index contributed by atoms with van der Waals surface area (Å²) in [7, 11) is 1.54. The predicted molar refractivity (Wildman–Crippen MR) is 155 cm³/mol. The second-order valence-electron chi connectivity index (χ2n) is 11.3. The van der Waals surface area contributed by atoms with Gasteiger partial charge in [-0.25, -0.2) is 9.59 Å². The van der Waals surface area contributed by atoms with Crippen LogP contribution in [0.1, 0.15) is 64.9 Å². The van der Waals surface area contributed by atoms with E-state index in [2.05, 4.69) is 11.9 Å². The maximum absolute atomic E-state index is 13.9. The van der Waals surface area contributed by atoms with Crippen LogP contribution in [-0.4, -0.2) is 59.3 Å². The number of likely N-dealkylation sites (tertiary alicyclic amines) is 1. The number of nitrogens with zero attached hydrogens (tertiary/aromatic N) is 1. The van der Waals surface area contributed by atoms with Crippen molar-refractivity contribution < 1.29 is 29.0 Å². The fourth-order valence-electron chi connectivity index (χ4n) is 5.12. The standard InChI is InChI=1S/C32H42N2O6/c1-6-7-8-9-13-16-26(33-30(38)40-31(2,3)4)28(35)34-22-32(39-5,21-27(34)29(36)37)25-19-17-24(18-20-25)23-14-11-10-12-15-23/h6,10-12,14-15,17-20,26-27H,1,7-9,13,16,21-22H2,2-5H3,(H,33,38)(H,36,37)/t26-,27-,32-/m0/s1. The molecule has 2 N–H and O–H groups in total. The van der Waals surface area contributed by atoms with Crippen LogP contribution in [0.5, 0.6) is 0 Å². The van der Waals surface area contributed by atoms with Gasteiger partial charge in [-0.1, -0.05) is 73.5 Å². The molecule has 1 saturated heterocycles. The van der Waals surface area contributed by atoms with E-state index in [-0.39, 0.29) is 13.0 Å². The number of aliphatic carboxylic acids is 1. The lowest BCUT2D eigenvalue weighted by Gasteiger charge is -2.30. The normalized spacial score (nSPS) is 19.6. The quantitative estimate of drug-likeness (QED) is 0.251.